The zero-order valence-corrected chi connectivity index (χ0v) is 16.8. The second-order valence-electron chi connectivity index (χ2n) is 7.25. The number of aliphatic hydroxyl groups excluding tert-OH is 1. The van der Waals surface area contributed by atoms with Crippen LogP contribution in [0.15, 0.2) is 43.0 Å². The highest BCUT2D eigenvalue weighted by Crippen LogP contribution is 2.27. The van der Waals surface area contributed by atoms with E-state index < -0.39 is 30.3 Å². The van der Waals surface area contributed by atoms with Crippen molar-refractivity contribution in [1.82, 2.24) is 19.5 Å². The third-order valence-corrected chi connectivity index (χ3v) is 4.98. The first kappa shape index (κ1) is 21.1. The van der Waals surface area contributed by atoms with E-state index in [4.69, 9.17) is 4.74 Å². The minimum Gasteiger partial charge on any atom is -0.351 e. The van der Waals surface area contributed by atoms with Gasteiger partial charge < -0.3 is 19.7 Å². The normalized spacial score (nSPS) is 20.6. The lowest BCUT2D eigenvalue weighted by Crippen LogP contribution is -2.42. The smallest absolute Gasteiger partial charge is 0.239 e. The summed E-state index contributed by atoms with van der Waals surface area (Å²) in [7, 11) is 0. The maximum atomic E-state index is 13.9. The van der Waals surface area contributed by atoms with Crippen LogP contribution in [0.5, 0.6) is 0 Å². The summed E-state index contributed by atoms with van der Waals surface area (Å²) >= 11 is 0. The van der Waals surface area contributed by atoms with Gasteiger partial charge in [-0.05, 0) is 32.0 Å². The van der Waals surface area contributed by atoms with E-state index in [0.29, 0.717) is 17.2 Å². The minimum absolute atomic E-state index is 0.0418. The Hall–Kier alpha value is -3.18. The molecule has 3 aromatic rings. The standard InChI is InChI=1S/C20H21F3N6O2/c1-11(21)17-9-31-20(30)29(17)18-3-4-24-19(27-18)26-12(2)16-8-28(10-25-16)15-6-13(22)5-14(23)7-15/h3-8,10-12,17,20,30H,9H2,1-2H3,(H,24,26,27)/t11-,12-,17+,20?/m0/s1. The fraction of sp³-hybridized carbons (Fsp3) is 0.350. The van der Waals surface area contributed by atoms with Crippen LogP contribution in [0, 0.1) is 11.6 Å². The first-order valence-corrected chi connectivity index (χ1v) is 9.64. The molecule has 4 atom stereocenters. The Kier molecular flexibility index (Phi) is 5.79. The number of hydrogen-bond donors (Lipinski definition) is 2. The molecule has 0 aliphatic carbocycles. The highest BCUT2D eigenvalue weighted by molar-refractivity contribution is 5.45. The zero-order valence-electron chi connectivity index (χ0n) is 16.8. The molecule has 11 heteroatoms. The van der Waals surface area contributed by atoms with Gasteiger partial charge in [0.15, 0.2) is 0 Å². The number of ether oxygens (including phenoxy) is 1. The molecule has 1 aliphatic heterocycles. The van der Waals surface area contributed by atoms with Crippen molar-refractivity contribution in [3.63, 3.8) is 0 Å². The van der Waals surface area contributed by atoms with E-state index in [-0.39, 0.29) is 18.6 Å². The van der Waals surface area contributed by atoms with Gasteiger partial charge in [-0.15, -0.1) is 0 Å². The summed E-state index contributed by atoms with van der Waals surface area (Å²) in [6.07, 6.45) is 2.03. The van der Waals surface area contributed by atoms with Gasteiger partial charge >= 0.3 is 0 Å². The number of halogens is 3. The Morgan fingerprint density at radius 1 is 1.19 bits per heavy atom. The Morgan fingerprint density at radius 3 is 2.65 bits per heavy atom. The molecule has 4 rings (SSSR count). The zero-order chi connectivity index (χ0) is 22.1. The number of anilines is 2. The first-order chi connectivity index (χ1) is 14.8. The molecule has 2 N–H and O–H groups in total. The van der Waals surface area contributed by atoms with Crippen molar-refractivity contribution in [1.29, 1.82) is 0 Å². The van der Waals surface area contributed by atoms with Crippen LogP contribution in [0.3, 0.4) is 0 Å². The molecule has 2 aromatic heterocycles. The van der Waals surface area contributed by atoms with Crippen molar-refractivity contribution in [3.05, 3.63) is 60.3 Å². The molecule has 31 heavy (non-hydrogen) atoms. The van der Waals surface area contributed by atoms with Gasteiger partial charge in [0.05, 0.1) is 36.4 Å². The molecule has 1 aliphatic rings. The van der Waals surface area contributed by atoms with Gasteiger partial charge in [-0.3, -0.25) is 4.90 Å². The van der Waals surface area contributed by atoms with Crippen molar-refractivity contribution in [2.75, 3.05) is 16.8 Å². The fourth-order valence-corrected chi connectivity index (χ4v) is 3.37. The molecule has 0 amide bonds. The average Bonchev–Trinajstić information content (AvgIpc) is 3.34. The fourth-order valence-electron chi connectivity index (χ4n) is 3.37. The molecule has 0 saturated carbocycles. The number of alkyl halides is 1. The summed E-state index contributed by atoms with van der Waals surface area (Å²) in [4.78, 5) is 14.1. The lowest BCUT2D eigenvalue weighted by molar-refractivity contribution is -0.0579. The molecule has 3 heterocycles. The molecule has 164 valence electrons. The predicted octanol–water partition coefficient (Wildman–Crippen LogP) is 2.95. The van der Waals surface area contributed by atoms with Crippen molar-refractivity contribution >= 4 is 11.8 Å². The third kappa shape index (κ3) is 4.47. The molecule has 0 bridgehead atoms. The molecule has 8 nitrogen and oxygen atoms in total. The number of imidazole rings is 1. The maximum Gasteiger partial charge on any atom is 0.239 e. The Bertz CT molecular complexity index is 1040. The minimum atomic E-state index is -1.30. The number of aromatic nitrogens is 4. The Labute approximate surface area is 176 Å². The number of benzene rings is 1. The van der Waals surface area contributed by atoms with Crippen molar-refractivity contribution in [2.45, 2.75) is 38.5 Å². The lowest BCUT2D eigenvalue weighted by Gasteiger charge is -2.27. The van der Waals surface area contributed by atoms with E-state index in [1.165, 1.54) is 41.0 Å². The molecule has 0 spiro atoms. The van der Waals surface area contributed by atoms with Crippen molar-refractivity contribution in [2.24, 2.45) is 0 Å². The van der Waals surface area contributed by atoms with Crippen LogP contribution in [0.2, 0.25) is 0 Å². The van der Waals surface area contributed by atoms with Crippen LogP contribution in [0.4, 0.5) is 24.9 Å². The van der Waals surface area contributed by atoms with Gasteiger partial charge in [0.25, 0.3) is 0 Å². The third-order valence-electron chi connectivity index (χ3n) is 4.98. The molecular formula is C20H21F3N6O2. The summed E-state index contributed by atoms with van der Waals surface area (Å²) < 4.78 is 47.5. The predicted molar refractivity (Wildman–Crippen MR) is 106 cm³/mol. The summed E-state index contributed by atoms with van der Waals surface area (Å²) in [6.45, 7) is 3.25. The van der Waals surface area contributed by atoms with Crippen LogP contribution in [0.1, 0.15) is 25.6 Å². The van der Waals surface area contributed by atoms with Crippen LogP contribution in [0.25, 0.3) is 5.69 Å². The van der Waals surface area contributed by atoms with Crippen molar-refractivity contribution in [3.8, 4) is 5.69 Å². The second kappa shape index (κ2) is 8.52. The first-order valence-electron chi connectivity index (χ1n) is 9.64. The summed E-state index contributed by atoms with van der Waals surface area (Å²) in [5.41, 5.74) is 0.884. The lowest BCUT2D eigenvalue weighted by atomic mass is 10.2. The van der Waals surface area contributed by atoms with Crippen LogP contribution >= 0.6 is 0 Å². The largest absolute Gasteiger partial charge is 0.351 e. The van der Waals surface area contributed by atoms with E-state index in [1.807, 2.05) is 6.92 Å². The van der Waals surface area contributed by atoms with Crippen molar-refractivity contribution < 1.29 is 23.0 Å². The van der Waals surface area contributed by atoms with E-state index in [9.17, 15) is 18.3 Å². The molecule has 0 radical (unpaired) electrons. The van der Waals surface area contributed by atoms with E-state index in [1.54, 1.807) is 12.3 Å². The van der Waals surface area contributed by atoms with E-state index >= 15 is 0 Å². The SMILES string of the molecule is C[C@H](Nc1nccc(N2C(O)OC[C@@H]2[C@H](C)F)n1)c1cn(-c2cc(F)cc(F)c2)cn1. The molecule has 1 saturated heterocycles. The summed E-state index contributed by atoms with van der Waals surface area (Å²) in [5, 5.41) is 13.1. The second-order valence-corrected chi connectivity index (χ2v) is 7.25. The monoisotopic (exact) mass is 434 g/mol. The Morgan fingerprint density at radius 2 is 1.94 bits per heavy atom. The van der Waals surface area contributed by atoms with Gasteiger partial charge in [-0.2, -0.15) is 4.98 Å². The Balaban J connectivity index is 1.51. The number of nitrogens with one attached hydrogen (secondary N) is 1. The van der Waals surface area contributed by atoms with Gasteiger partial charge in [0.2, 0.25) is 12.4 Å². The van der Waals surface area contributed by atoms with Crippen LogP contribution in [-0.2, 0) is 4.74 Å². The van der Waals surface area contributed by atoms with Gasteiger partial charge in [-0.1, -0.05) is 0 Å². The topological polar surface area (TPSA) is 88.3 Å². The highest BCUT2D eigenvalue weighted by atomic mass is 19.1. The summed E-state index contributed by atoms with van der Waals surface area (Å²) in [6, 6.07) is 3.72. The average molecular weight is 434 g/mol. The summed E-state index contributed by atoms with van der Waals surface area (Å²) in [5.74, 6) is -0.822. The van der Waals surface area contributed by atoms with Gasteiger partial charge in [-0.25, -0.2) is 23.1 Å². The van der Waals surface area contributed by atoms with Gasteiger partial charge in [0.1, 0.15) is 23.6 Å². The number of nitrogens with zero attached hydrogens (tertiary/aromatic N) is 5. The molecule has 1 aromatic carbocycles. The number of hydrogen-bond acceptors (Lipinski definition) is 7. The van der Waals surface area contributed by atoms with Crippen LogP contribution in [-0.4, -0.2) is 49.9 Å². The quantitative estimate of drug-likeness (QED) is 0.617. The maximum absolute atomic E-state index is 13.9. The number of rotatable bonds is 6. The highest BCUT2D eigenvalue weighted by Gasteiger charge is 2.38. The van der Waals surface area contributed by atoms with E-state index in [0.717, 1.165) is 6.07 Å². The van der Waals surface area contributed by atoms with Gasteiger partial charge in [0, 0.05) is 18.5 Å². The number of aliphatic hydroxyl groups is 1. The molecular weight excluding hydrogens is 413 g/mol. The molecule has 1 unspecified atom stereocenters. The molecule has 1 fully saturated rings. The van der Waals surface area contributed by atoms with E-state index in [2.05, 4.69) is 20.3 Å². The van der Waals surface area contributed by atoms with Crippen LogP contribution < -0.4 is 10.2 Å².